The molecule has 2 aliphatic rings. The van der Waals surface area contributed by atoms with E-state index in [-0.39, 0.29) is 36.3 Å². The molecule has 0 aromatic heterocycles. The molecule has 7 heteroatoms. The number of halogens is 2. The van der Waals surface area contributed by atoms with Crippen molar-refractivity contribution >= 4 is 17.6 Å². The lowest BCUT2D eigenvalue weighted by atomic mass is 9.85. The van der Waals surface area contributed by atoms with Gasteiger partial charge in [0.05, 0.1) is 18.2 Å². The van der Waals surface area contributed by atoms with Crippen molar-refractivity contribution in [3.63, 3.8) is 0 Å². The van der Waals surface area contributed by atoms with Crippen molar-refractivity contribution in [1.29, 1.82) is 0 Å². The molecule has 2 N–H and O–H groups in total. The molecule has 2 atom stereocenters. The summed E-state index contributed by atoms with van der Waals surface area (Å²) in [5, 5.41) is 0. The van der Waals surface area contributed by atoms with Crippen LogP contribution in [0.3, 0.4) is 0 Å². The third-order valence-electron chi connectivity index (χ3n) is 4.19. The Bertz CT molecular complexity index is 649. The van der Waals surface area contributed by atoms with Gasteiger partial charge in [-0.05, 0) is 18.6 Å². The summed E-state index contributed by atoms with van der Waals surface area (Å²) in [6.07, 6.45) is -1.13. The molecule has 0 bridgehead atoms. The van der Waals surface area contributed by atoms with Gasteiger partial charge in [0.2, 0.25) is 0 Å². The number of amides is 1. The Balaban J connectivity index is 2.07. The number of anilines is 1. The van der Waals surface area contributed by atoms with Crippen LogP contribution in [0.5, 0.6) is 0 Å². The Labute approximate surface area is 119 Å². The van der Waals surface area contributed by atoms with Crippen LogP contribution in [0.1, 0.15) is 22.3 Å². The van der Waals surface area contributed by atoms with E-state index >= 15 is 0 Å². The first-order valence-electron chi connectivity index (χ1n) is 6.49. The quantitative estimate of drug-likeness (QED) is 0.653. The molecule has 3 rings (SSSR count). The minimum absolute atomic E-state index is 0.0427. The SMILES string of the molecule is COC(=O)CN1C[C@]2(C[C@H]2F)c2c(ccc(N)c2F)C1=O. The van der Waals surface area contributed by atoms with Crippen molar-refractivity contribution in [2.75, 3.05) is 25.9 Å². The number of alkyl halides is 1. The average molecular weight is 296 g/mol. The first-order valence-corrected chi connectivity index (χ1v) is 6.49. The maximum Gasteiger partial charge on any atom is 0.325 e. The van der Waals surface area contributed by atoms with Crippen LogP contribution in [0.15, 0.2) is 12.1 Å². The number of fused-ring (bicyclic) bond motifs is 2. The second-order valence-electron chi connectivity index (χ2n) is 5.46. The van der Waals surface area contributed by atoms with Crippen LogP contribution in [0, 0.1) is 5.82 Å². The maximum atomic E-state index is 14.3. The van der Waals surface area contributed by atoms with Gasteiger partial charge in [0.1, 0.15) is 12.7 Å². The lowest BCUT2D eigenvalue weighted by Gasteiger charge is -2.34. The van der Waals surface area contributed by atoms with E-state index in [2.05, 4.69) is 4.74 Å². The van der Waals surface area contributed by atoms with Gasteiger partial charge < -0.3 is 15.4 Å². The molecular formula is C14H14F2N2O3. The summed E-state index contributed by atoms with van der Waals surface area (Å²) >= 11 is 0. The number of carbonyl (C=O) groups is 2. The Hall–Kier alpha value is -2.18. The van der Waals surface area contributed by atoms with Crippen molar-refractivity contribution in [3.8, 4) is 0 Å². The van der Waals surface area contributed by atoms with Gasteiger partial charge in [-0.2, -0.15) is 0 Å². The fraction of sp³-hybridized carbons (Fsp3) is 0.429. The molecule has 112 valence electrons. The number of esters is 1. The number of hydrogen-bond acceptors (Lipinski definition) is 4. The Morgan fingerprint density at radius 2 is 2.24 bits per heavy atom. The fourth-order valence-electron chi connectivity index (χ4n) is 2.95. The number of carbonyl (C=O) groups excluding carboxylic acids is 2. The van der Waals surface area contributed by atoms with Crippen LogP contribution in [-0.4, -0.2) is 43.1 Å². The number of nitrogens with zero attached hydrogens (tertiary/aromatic N) is 1. The van der Waals surface area contributed by atoms with Crippen LogP contribution in [-0.2, 0) is 14.9 Å². The molecular weight excluding hydrogens is 282 g/mol. The second-order valence-corrected chi connectivity index (χ2v) is 5.46. The Morgan fingerprint density at radius 3 is 2.81 bits per heavy atom. The van der Waals surface area contributed by atoms with Crippen LogP contribution in [0.4, 0.5) is 14.5 Å². The molecule has 1 fully saturated rings. The monoisotopic (exact) mass is 296 g/mol. The highest BCUT2D eigenvalue weighted by Gasteiger charge is 2.62. The van der Waals surface area contributed by atoms with Crippen molar-refractivity contribution in [1.82, 2.24) is 4.90 Å². The molecule has 0 unspecified atom stereocenters. The summed E-state index contributed by atoms with van der Waals surface area (Å²) in [6, 6.07) is 2.66. The van der Waals surface area contributed by atoms with E-state index in [9.17, 15) is 18.4 Å². The molecule has 1 heterocycles. The van der Waals surface area contributed by atoms with E-state index in [1.807, 2.05) is 0 Å². The highest BCUT2D eigenvalue weighted by molar-refractivity contribution is 6.00. The number of nitrogen functional groups attached to an aromatic ring is 1. The summed E-state index contributed by atoms with van der Waals surface area (Å²) in [5.41, 5.74) is 4.44. The molecule has 1 aromatic rings. The van der Waals surface area contributed by atoms with E-state index in [1.54, 1.807) is 0 Å². The minimum atomic E-state index is -1.25. The molecule has 1 spiro atoms. The third kappa shape index (κ3) is 1.87. The highest BCUT2D eigenvalue weighted by Crippen LogP contribution is 2.55. The van der Waals surface area contributed by atoms with E-state index in [1.165, 1.54) is 24.1 Å². The third-order valence-corrected chi connectivity index (χ3v) is 4.19. The average Bonchev–Trinajstić information content (AvgIpc) is 3.09. The normalized spacial score (nSPS) is 26.7. The molecule has 1 aliphatic carbocycles. The topological polar surface area (TPSA) is 72.6 Å². The molecule has 1 saturated carbocycles. The van der Waals surface area contributed by atoms with Crippen LogP contribution in [0.25, 0.3) is 0 Å². The highest BCUT2D eigenvalue weighted by atomic mass is 19.1. The molecule has 1 amide bonds. The fourth-order valence-corrected chi connectivity index (χ4v) is 2.95. The Kier molecular flexibility index (Phi) is 2.89. The zero-order chi connectivity index (χ0) is 15.4. The predicted octanol–water partition coefficient (Wildman–Crippen LogP) is 1.02. The molecule has 0 saturated heterocycles. The smallest absolute Gasteiger partial charge is 0.325 e. The van der Waals surface area contributed by atoms with Crippen LogP contribution < -0.4 is 5.73 Å². The minimum Gasteiger partial charge on any atom is -0.468 e. The van der Waals surface area contributed by atoms with Crippen molar-refractivity contribution in [2.24, 2.45) is 0 Å². The zero-order valence-corrected chi connectivity index (χ0v) is 11.4. The van der Waals surface area contributed by atoms with Gasteiger partial charge in [0.25, 0.3) is 5.91 Å². The second kappa shape index (κ2) is 4.41. The van der Waals surface area contributed by atoms with Gasteiger partial charge in [0.15, 0.2) is 5.82 Å². The number of ether oxygens (including phenoxy) is 1. The summed E-state index contributed by atoms with van der Waals surface area (Å²) in [7, 11) is 1.20. The zero-order valence-electron chi connectivity index (χ0n) is 11.4. The van der Waals surface area contributed by atoms with Gasteiger partial charge >= 0.3 is 5.97 Å². The maximum absolute atomic E-state index is 14.3. The predicted molar refractivity (Wildman–Crippen MR) is 69.9 cm³/mol. The standard InChI is InChI=1S/C14H14F2N2O3/c1-21-10(19)5-18-6-14(4-9(14)15)11-7(13(18)20)2-3-8(17)12(11)16/h2-3,9H,4-6,17H2,1H3/t9-,14+/m1/s1. The molecule has 1 aliphatic heterocycles. The lowest BCUT2D eigenvalue weighted by molar-refractivity contribution is -0.141. The van der Waals surface area contributed by atoms with Gasteiger partial charge in [0, 0.05) is 17.7 Å². The van der Waals surface area contributed by atoms with E-state index < -0.39 is 29.3 Å². The summed E-state index contributed by atoms with van der Waals surface area (Å²) in [4.78, 5) is 24.9. The van der Waals surface area contributed by atoms with Crippen molar-refractivity contribution < 1.29 is 23.1 Å². The molecule has 1 aromatic carbocycles. The van der Waals surface area contributed by atoms with E-state index in [0.717, 1.165) is 0 Å². The first kappa shape index (κ1) is 13.8. The first-order chi connectivity index (χ1) is 9.90. The van der Waals surface area contributed by atoms with Crippen LogP contribution in [0.2, 0.25) is 0 Å². The number of nitrogens with two attached hydrogens (primary N) is 1. The molecule has 0 radical (unpaired) electrons. The summed E-state index contributed by atoms with van der Waals surface area (Å²) in [5.74, 6) is -1.85. The summed E-state index contributed by atoms with van der Waals surface area (Å²) in [6.45, 7) is -0.329. The molecule has 5 nitrogen and oxygen atoms in total. The van der Waals surface area contributed by atoms with Gasteiger partial charge in [-0.25, -0.2) is 8.78 Å². The number of rotatable bonds is 2. The van der Waals surface area contributed by atoms with Gasteiger partial charge in [-0.1, -0.05) is 0 Å². The Morgan fingerprint density at radius 1 is 1.57 bits per heavy atom. The van der Waals surface area contributed by atoms with Crippen molar-refractivity contribution in [3.05, 3.63) is 29.1 Å². The summed E-state index contributed by atoms with van der Waals surface area (Å²) < 4.78 is 32.7. The van der Waals surface area contributed by atoms with Crippen LogP contribution >= 0.6 is 0 Å². The number of hydrogen-bond donors (Lipinski definition) is 1. The van der Waals surface area contributed by atoms with Gasteiger partial charge in [-0.15, -0.1) is 0 Å². The lowest BCUT2D eigenvalue weighted by Crippen LogP contribution is -2.47. The number of benzene rings is 1. The largest absolute Gasteiger partial charge is 0.468 e. The van der Waals surface area contributed by atoms with Crippen molar-refractivity contribution in [2.45, 2.75) is 18.0 Å². The molecule has 21 heavy (non-hydrogen) atoms. The van der Waals surface area contributed by atoms with Gasteiger partial charge in [-0.3, -0.25) is 9.59 Å². The van der Waals surface area contributed by atoms with E-state index in [4.69, 9.17) is 5.73 Å². The number of methoxy groups -OCH3 is 1. The van der Waals surface area contributed by atoms with E-state index in [0.29, 0.717) is 0 Å².